The zero-order valence-corrected chi connectivity index (χ0v) is 19.3. The van der Waals surface area contributed by atoms with E-state index in [9.17, 15) is 9.18 Å². The molecule has 0 bridgehead atoms. The molecule has 35 heavy (non-hydrogen) atoms. The number of rotatable bonds is 10. The van der Waals surface area contributed by atoms with Crippen molar-refractivity contribution >= 4 is 17.9 Å². The molecule has 3 aromatic rings. The molecule has 0 N–H and O–H groups in total. The third kappa shape index (κ3) is 6.17. The first-order valence-corrected chi connectivity index (χ1v) is 11.0. The predicted octanol–water partition coefficient (Wildman–Crippen LogP) is 5.04. The fourth-order valence-corrected chi connectivity index (χ4v) is 3.29. The molecule has 4 rings (SSSR count). The number of aliphatic imine (C=N–C) groups is 1. The molecule has 0 spiro atoms. The van der Waals surface area contributed by atoms with Crippen molar-refractivity contribution in [2.45, 2.75) is 6.92 Å². The number of carbonyl (C=O) groups excluding carboxylic acids is 1. The molecule has 7 nitrogen and oxygen atoms in total. The van der Waals surface area contributed by atoms with E-state index in [0.29, 0.717) is 53.9 Å². The molecule has 180 valence electrons. The lowest BCUT2D eigenvalue weighted by Crippen LogP contribution is -2.10. The van der Waals surface area contributed by atoms with Gasteiger partial charge in [0.15, 0.2) is 17.2 Å². The van der Waals surface area contributed by atoms with Crippen LogP contribution in [-0.4, -0.2) is 38.8 Å². The molecule has 0 saturated carbocycles. The molecular weight excluding hydrogens is 453 g/mol. The Morgan fingerprint density at radius 3 is 2.46 bits per heavy atom. The van der Waals surface area contributed by atoms with Crippen molar-refractivity contribution in [2.75, 3.05) is 26.9 Å². The molecule has 0 fully saturated rings. The Hall–Kier alpha value is -4.33. The number of esters is 1. The second-order valence-corrected chi connectivity index (χ2v) is 7.36. The highest BCUT2D eigenvalue weighted by Crippen LogP contribution is 2.30. The van der Waals surface area contributed by atoms with Crippen LogP contribution >= 0.6 is 0 Å². The lowest BCUT2D eigenvalue weighted by molar-refractivity contribution is -0.129. The maximum atomic E-state index is 13.2. The summed E-state index contributed by atoms with van der Waals surface area (Å²) in [6.45, 7) is 2.94. The fourth-order valence-electron chi connectivity index (χ4n) is 3.29. The topological polar surface area (TPSA) is 75.6 Å². The fraction of sp³-hybridized carbons (Fsp3) is 0.185. The lowest BCUT2D eigenvalue weighted by Gasteiger charge is -2.13. The quantitative estimate of drug-likeness (QED) is 0.232. The highest BCUT2D eigenvalue weighted by Gasteiger charge is 2.24. The number of hydrogen-bond donors (Lipinski definition) is 0. The van der Waals surface area contributed by atoms with E-state index in [4.69, 9.17) is 23.7 Å². The Balaban J connectivity index is 1.43. The molecule has 0 atom stereocenters. The zero-order chi connectivity index (χ0) is 24.6. The molecule has 1 aliphatic heterocycles. The van der Waals surface area contributed by atoms with E-state index < -0.39 is 5.97 Å². The molecule has 1 heterocycles. The summed E-state index contributed by atoms with van der Waals surface area (Å²) in [5.41, 5.74) is 1.33. The minimum atomic E-state index is -0.586. The van der Waals surface area contributed by atoms with Gasteiger partial charge in [0.05, 0.1) is 13.7 Å². The van der Waals surface area contributed by atoms with Crippen LogP contribution in [0.5, 0.6) is 23.0 Å². The zero-order valence-electron chi connectivity index (χ0n) is 19.3. The standard InChI is InChI=1S/C27H24FNO6/c1-3-32-25-16-18(15-23-27(30)35-26(29-23)19-8-10-20(28)11-9-19)7-12-24(25)34-14-13-33-22-6-4-5-21(17-22)31-2/h4-12,15-17H,3,13-14H2,1-2H3. The summed E-state index contributed by atoms with van der Waals surface area (Å²) in [4.78, 5) is 16.5. The molecule has 0 unspecified atom stereocenters. The molecule has 0 radical (unpaired) electrons. The molecule has 0 aromatic heterocycles. The van der Waals surface area contributed by atoms with Crippen molar-refractivity contribution in [3.8, 4) is 23.0 Å². The van der Waals surface area contributed by atoms with Crippen LogP contribution in [-0.2, 0) is 9.53 Å². The summed E-state index contributed by atoms with van der Waals surface area (Å²) in [5.74, 6) is 1.63. The first kappa shape index (κ1) is 23.8. The van der Waals surface area contributed by atoms with Gasteiger partial charge >= 0.3 is 5.97 Å². The van der Waals surface area contributed by atoms with E-state index in [1.165, 1.54) is 24.3 Å². The normalized spacial score (nSPS) is 13.9. The van der Waals surface area contributed by atoms with E-state index in [1.807, 2.05) is 25.1 Å². The first-order chi connectivity index (χ1) is 17.1. The van der Waals surface area contributed by atoms with Gasteiger partial charge in [-0.1, -0.05) is 12.1 Å². The SMILES string of the molecule is CCOc1cc(C=C2N=C(c3ccc(F)cc3)OC2=O)ccc1OCCOc1cccc(OC)c1. The van der Waals surface area contributed by atoms with E-state index >= 15 is 0 Å². The van der Waals surface area contributed by atoms with Crippen LogP contribution in [0.4, 0.5) is 4.39 Å². The van der Waals surface area contributed by atoms with Gasteiger partial charge in [-0.05, 0) is 67.1 Å². The number of halogens is 1. The molecular formula is C27H24FNO6. The number of nitrogens with zero attached hydrogens (tertiary/aromatic N) is 1. The van der Waals surface area contributed by atoms with Crippen LogP contribution in [0, 0.1) is 5.82 Å². The van der Waals surface area contributed by atoms with Gasteiger partial charge in [-0.15, -0.1) is 0 Å². The van der Waals surface area contributed by atoms with Gasteiger partial charge in [-0.3, -0.25) is 0 Å². The van der Waals surface area contributed by atoms with Crippen LogP contribution in [0.1, 0.15) is 18.1 Å². The van der Waals surface area contributed by atoms with Crippen molar-refractivity contribution in [3.63, 3.8) is 0 Å². The second-order valence-electron chi connectivity index (χ2n) is 7.36. The third-order valence-electron chi connectivity index (χ3n) is 4.93. The van der Waals surface area contributed by atoms with Crippen molar-refractivity contribution in [1.82, 2.24) is 0 Å². The van der Waals surface area contributed by atoms with Crippen LogP contribution in [0.3, 0.4) is 0 Å². The van der Waals surface area contributed by atoms with E-state index in [-0.39, 0.29) is 17.4 Å². The maximum absolute atomic E-state index is 13.2. The number of hydrogen-bond acceptors (Lipinski definition) is 7. The van der Waals surface area contributed by atoms with Crippen LogP contribution in [0.2, 0.25) is 0 Å². The molecule has 3 aromatic carbocycles. The molecule has 0 amide bonds. The predicted molar refractivity (Wildman–Crippen MR) is 129 cm³/mol. The van der Waals surface area contributed by atoms with Gasteiger partial charge in [0.2, 0.25) is 5.90 Å². The Kier molecular flexibility index (Phi) is 7.62. The molecule has 1 aliphatic rings. The van der Waals surface area contributed by atoms with Crippen molar-refractivity contribution in [2.24, 2.45) is 4.99 Å². The number of ether oxygens (including phenoxy) is 5. The minimum Gasteiger partial charge on any atom is -0.497 e. The summed E-state index contributed by atoms with van der Waals surface area (Å²) >= 11 is 0. The van der Waals surface area contributed by atoms with Crippen LogP contribution < -0.4 is 18.9 Å². The summed E-state index contributed by atoms with van der Waals surface area (Å²) in [5, 5.41) is 0. The summed E-state index contributed by atoms with van der Waals surface area (Å²) in [7, 11) is 1.60. The smallest absolute Gasteiger partial charge is 0.363 e. The van der Waals surface area contributed by atoms with Gasteiger partial charge < -0.3 is 23.7 Å². The molecule has 0 aliphatic carbocycles. The average molecular weight is 477 g/mol. The van der Waals surface area contributed by atoms with Crippen LogP contribution in [0.15, 0.2) is 77.4 Å². The van der Waals surface area contributed by atoms with E-state index in [2.05, 4.69) is 4.99 Å². The highest BCUT2D eigenvalue weighted by atomic mass is 19.1. The molecule has 0 saturated heterocycles. The highest BCUT2D eigenvalue weighted by molar-refractivity contribution is 6.12. The van der Waals surface area contributed by atoms with Gasteiger partial charge in [-0.25, -0.2) is 14.2 Å². The van der Waals surface area contributed by atoms with Crippen molar-refractivity contribution in [1.29, 1.82) is 0 Å². The van der Waals surface area contributed by atoms with E-state index in [0.717, 1.165) is 0 Å². The minimum absolute atomic E-state index is 0.127. The Bertz CT molecular complexity index is 1250. The Morgan fingerprint density at radius 1 is 0.914 bits per heavy atom. The lowest BCUT2D eigenvalue weighted by atomic mass is 10.1. The third-order valence-corrected chi connectivity index (χ3v) is 4.93. The van der Waals surface area contributed by atoms with Crippen LogP contribution in [0.25, 0.3) is 6.08 Å². The van der Waals surface area contributed by atoms with Gasteiger partial charge in [0, 0.05) is 11.6 Å². The summed E-state index contributed by atoms with van der Waals surface area (Å²) < 4.78 is 40.8. The number of cyclic esters (lactones) is 1. The summed E-state index contributed by atoms with van der Waals surface area (Å²) in [6.07, 6.45) is 1.59. The summed E-state index contributed by atoms with van der Waals surface area (Å²) in [6, 6.07) is 18.2. The average Bonchev–Trinajstić information content (AvgIpc) is 3.23. The number of benzene rings is 3. The maximum Gasteiger partial charge on any atom is 0.363 e. The molecule has 8 heteroatoms. The second kappa shape index (κ2) is 11.2. The Labute approximate surface area is 202 Å². The van der Waals surface area contributed by atoms with Gasteiger partial charge in [0.1, 0.15) is 30.5 Å². The van der Waals surface area contributed by atoms with Crippen molar-refractivity contribution < 1.29 is 32.9 Å². The first-order valence-electron chi connectivity index (χ1n) is 11.0. The number of methoxy groups -OCH3 is 1. The monoisotopic (exact) mass is 477 g/mol. The van der Waals surface area contributed by atoms with E-state index in [1.54, 1.807) is 37.5 Å². The Morgan fingerprint density at radius 2 is 1.69 bits per heavy atom. The largest absolute Gasteiger partial charge is 0.497 e. The van der Waals surface area contributed by atoms with Gasteiger partial charge in [0.25, 0.3) is 0 Å². The van der Waals surface area contributed by atoms with Crippen molar-refractivity contribution in [3.05, 3.63) is 89.4 Å². The number of carbonyl (C=O) groups is 1. The van der Waals surface area contributed by atoms with Gasteiger partial charge in [-0.2, -0.15) is 0 Å².